The third-order valence-electron chi connectivity index (χ3n) is 4.60. The molecule has 2 aromatic carbocycles. The highest BCUT2D eigenvalue weighted by atomic mass is 35.5. The number of sulfonamides is 1. The van der Waals surface area contributed by atoms with Crippen molar-refractivity contribution < 1.29 is 17.9 Å². The zero-order valence-electron chi connectivity index (χ0n) is 16.1. The van der Waals surface area contributed by atoms with Crippen LogP contribution in [0, 0.1) is 0 Å². The van der Waals surface area contributed by atoms with Gasteiger partial charge in [-0.15, -0.1) is 0 Å². The van der Waals surface area contributed by atoms with E-state index in [9.17, 15) is 13.2 Å². The summed E-state index contributed by atoms with van der Waals surface area (Å²) >= 11 is 5.94. The van der Waals surface area contributed by atoms with Crippen molar-refractivity contribution in [2.75, 3.05) is 26.2 Å². The molecule has 0 saturated carbocycles. The Morgan fingerprint density at radius 3 is 2.41 bits per heavy atom. The normalized spacial score (nSPS) is 16.7. The van der Waals surface area contributed by atoms with E-state index in [-0.39, 0.29) is 19.0 Å². The number of hydrogen-bond donors (Lipinski definition) is 0. The second kappa shape index (κ2) is 9.43. The first-order valence-electron chi connectivity index (χ1n) is 9.29. The van der Waals surface area contributed by atoms with Crippen LogP contribution >= 0.6 is 11.6 Å². The van der Waals surface area contributed by atoms with Gasteiger partial charge in [-0.05, 0) is 36.8 Å². The van der Waals surface area contributed by atoms with Gasteiger partial charge in [0.1, 0.15) is 5.75 Å². The van der Waals surface area contributed by atoms with Gasteiger partial charge in [-0.3, -0.25) is 4.79 Å². The monoisotopic (exact) mass is 434 g/mol. The Morgan fingerprint density at radius 1 is 1.07 bits per heavy atom. The van der Waals surface area contributed by atoms with Crippen LogP contribution in [0.5, 0.6) is 5.75 Å². The van der Waals surface area contributed by atoms with E-state index in [4.69, 9.17) is 16.3 Å². The molecule has 0 bridgehead atoms. The molecule has 3 rings (SSSR count). The molecule has 1 aliphatic heterocycles. The van der Waals surface area contributed by atoms with E-state index in [1.54, 1.807) is 42.2 Å². The highest BCUT2D eigenvalue weighted by Crippen LogP contribution is 2.19. The number of benzene rings is 2. The topological polar surface area (TPSA) is 66.9 Å². The molecule has 1 fully saturated rings. The fraction of sp³-hybridized carbons (Fsp3) is 0.286. The third-order valence-corrected chi connectivity index (χ3v) is 6.40. The molecule has 2 aromatic rings. The Hall–Kier alpha value is -2.35. The van der Waals surface area contributed by atoms with Crippen LogP contribution in [0.25, 0.3) is 6.08 Å². The van der Waals surface area contributed by atoms with Gasteiger partial charge >= 0.3 is 0 Å². The number of rotatable bonds is 6. The van der Waals surface area contributed by atoms with Crippen LogP contribution in [-0.2, 0) is 14.8 Å². The van der Waals surface area contributed by atoms with Gasteiger partial charge in [-0.25, -0.2) is 8.42 Å². The standard InChI is InChI=1S/C21H23ClN2O4S/c1-17(28-20-9-5-8-19(22)16-20)21(25)23-11-13-24(14-12-23)29(26,27)15-10-18-6-3-2-4-7-18/h2-10,15-17H,11-14H2,1H3. The predicted molar refractivity (Wildman–Crippen MR) is 114 cm³/mol. The van der Waals surface area contributed by atoms with Crippen molar-refractivity contribution in [1.29, 1.82) is 0 Å². The second-order valence-electron chi connectivity index (χ2n) is 6.70. The average molecular weight is 435 g/mol. The summed E-state index contributed by atoms with van der Waals surface area (Å²) in [6, 6.07) is 16.1. The molecule has 0 aromatic heterocycles. The molecule has 1 saturated heterocycles. The molecule has 0 spiro atoms. The van der Waals surface area contributed by atoms with Gasteiger partial charge in [-0.1, -0.05) is 48.0 Å². The average Bonchev–Trinajstić information content (AvgIpc) is 2.72. The quantitative estimate of drug-likeness (QED) is 0.700. The summed E-state index contributed by atoms with van der Waals surface area (Å²) in [5.41, 5.74) is 0.817. The van der Waals surface area contributed by atoms with E-state index in [1.165, 1.54) is 9.71 Å². The predicted octanol–water partition coefficient (Wildman–Crippen LogP) is 3.25. The molecule has 8 heteroatoms. The minimum absolute atomic E-state index is 0.179. The zero-order valence-corrected chi connectivity index (χ0v) is 17.6. The number of carbonyl (C=O) groups excluding carboxylic acids is 1. The van der Waals surface area contributed by atoms with Crippen molar-refractivity contribution in [3.05, 3.63) is 70.6 Å². The Labute approximate surface area is 176 Å². The second-order valence-corrected chi connectivity index (χ2v) is 8.96. The summed E-state index contributed by atoms with van der Waals surface area (Å²) in [7, 11) is -3.54. The summed E-state index contributed by atoms with van der Waals surface area (Å²) in [4.78, 5) is 14.3. The first kappa shape index (κ1) is 21.4. The molecule has 1 unspecified atom stereocenters. The van der Waals surface area contributed by atoms with E-state index in [2.05, 4.69) is 0 Å². The Balaban J connectivity index is 1.55. The fourth-order valence-electron chi connectivity index (χ4n) is 3.03. The van der Waals surface area contributed by atoms with Crippen molar-refractivity contribution in [3.8, 4) is 5.75 Å². The number of nitrogens with zero attached hydrogens (tertiary/aromatic N) is 2. The van der Waals surface area contributed by atoms with Crippen LogP contribution in [0.4, 0.5) is 0 Å². The summed E-state index contributed by atoms with van der Waals surface area (Å²) < 4.78 is 32.1. The molecule has 0 N–H and O–H groups in total. The minimum Gasteiger partial charge on any atom is -0.481 e. The van der Waals surface area contributed by atoms with E-state index < -0.39 is 16.1 Å². The lowest BCUT2D eigenvalue weighted by Crippen LogP contribution is -2.52. The number of ether oxygens (including phenoxy) is 1. The van der Waals surface area contributed by atoms with Crippen molar-refractivity contribution in [3.63, 3.8) is 0 Å². The van der Waals surface area contributed by atoms with Crippen LogP contribution in [0.2, 0.25) is 5.02 Å². The first-order chi connectivity index (χ1) is 13.8. The Bertz CT molecular complexity index is 971. The molecule has 1 aliphatic rings. The smallest absolute Gasteiger partial charge is 0.263 e. The lowest BCUT2D eigenvalue weighted by atomic mass is 10.2. The molecule has 1 heterocycles. The maximum atomic E-state index is 12.6. The lowest BCUT2D eigenvalue weighted by molar-refractivity contribution is -0.139. The SMILES string of the molecule is CC(Oc1cccc(Cl)c1)C(=O)N1CCN(S(=O)(=O)C=Cc2ccccc2)CC1. The number of hydrogen-bond acceptors (Lipinski definition) is 4. The van der Waals surface area contributed by atoms with Crippen molar-refractivity contribution >= 4 is 33.6 Å². The Morgan fingerprint density at radius 2 is 1.76 bits per heavy atom. The third kappa shape index (κ3) is 5.82. The zero-order chi connectivity index (χ0) is 20.9. The van der Waals surface area contributed by atoms with Gasteiger partial charge < -0.3 is 9.64 Å². The maximum absolute atomic E-state index is 12.6. The van der Waals surface area contributed by atoms with Crippen LogP contribution in [0.1, 0.15) is 12.5 Å². The van der Waals surface area contributed by atoms with Crippen molar-refractivity contribution in [2.45, 2.75) is 13.0 Å². The van der Waals surface area contributed by atoms with Crippen LogP contribution in [0.15, 0.2) is 60.0 Å². The summed E-state index contributed by atoms with van der Waals surface area (Å²) in [5, 5.41) is 1.74. The number of piperazine rings is 1. The van der Waals surface area contributed by atoms with Gasteiger partial charge in [0, 0.05) is 36.6 Å². The van der Waals surface area contributed by atoms with Crippen molar-refractivity contribution in [1.82, 2.24) is 9.21 Å². The van der Waals surface area contributed by atoms with Gasteiger partial charge in [0.2, 0.25) is 10.0 Å². The highest BCUT2D eigenvalue weighted by molar-refractivity contribution is 7.92. The Kier molecular flexibility index (Phi) is 6.95. The van der Waals surface area contributed by atoms with Gasteiger partial charge in [-0.2, -0.15) is 4.31 Å². The number of halogens is 1. The van der Waals surface area contributed by atoms with E-state index in [0.29, 0.717) is 23.9 Å². The molecule has 0 radical (unpaired) electrons. The molecule has 1 amide bonds. The summed E-state index contributed by atoms with van der Waals surface area (Å²) in [6.07, 6.45) is 0.892. The lowest BCUT2D eigenvalue weighted by Gasteiger charge is -2.34. The number of carbonyl (C=O) groups is 1. The van der Waals surface area contributed by atoms with Gasteiger partial charge in [0.05, 0.1) is 0 Å². The summed E-state index contributed by atoms with van der Waals surface area (Å²) in [6.45, 7) is 2.81. The molecule has 6 nitrogen and oxygen atoms in total. The molecule has 1 atom stereocenters. The van der Waals surface area contributed by atoms with Crippen LogP contribution in [0.3, 0.4) is 0 Å². The van der Waals surface area contributed by atoms with E-state index >= 15 is 0 Å². The largest absolute Gasteiger partial charge is 0.481 e. The van der Waals surface area contributed by atoms with Gasteiger partial charge in [0.15, 0.2) is 6.10 Å². The number of amides is 1. The molecule has 0 aliphatic carbocycles. The molecular formula is C21H23ClN2O4S. The maximum Gasteiger partial charge on any atom is 0.263 e. The minimum atomic E-state index is -3.54. The highest BCUT2D eigenvalue weighted by Gasteiger charge is 2.30. The first-order valence-corrected chi connectivity index (χ1v) is 11.2. The van der Waals surface area contributed by atoms with Gasteiger partial charge in [0.25, 0.3) is 5.91 Å². The molecule has 154 valence electrons. The van der Waals surface area contributed by atoms with E-state index in [1.807, 2.05) is 30.3 Å². The fourth-order valence-corrected chi connectivity index (χ4v) is 4.38. The summed E-state index contributed by atoms with van der Waals surface area (Å²) in [5.74, 6) is 0.340. The van der Waals surface area contributed by atoms with Crippen LogP contribution < -0.4 is 4.74 Å². The molecule has 29 heavy (non-hydrogen) atoms. The van der Waals surface area contributed by atoms with Crippen molar-refractivity contribution in [2.24, 2.45) is 0 Å². The van der Waals surface area contributed by atoms with E-state index in [0.717, 1.165) is 5.56 Å². The van der Waals surface area contributed by atoms with Crippen LogP contribution in [-0.4, -0.2) is 55.8 Å². The molecular weight excluding hydrogens is 412 g/mol.